The minimum absolute atomic E-state index is 0.676. The summed E-state index contributed by atoms with van der Waals surface area (Å²) in [7, 11) is 0. The molecule has 2 aliphatic rings. The average molecular weight is 217 g/mol. The molecule has 0 amide bonds. The molecule has 0 bridgehead atoms. The Morgan fingerprint density at radius 1 is 1.12 bits per heavy atom. The molecule has 0 radical (unpaired) electrons. The summed E-state index contributed by atoms with van der Waals surface area (Å²) in [6.07, 6.45) is 6.11. The Morgan fingerprint density at radius 3 is 2.75 bits per heavy atom. The van der Waals surface area contributed by atoms with Crippen molar-refractivity contribution < 1.29 is 0 Å². The van der Waals surface area contributed by atoms with Gasteiger partial charge < -0.3 is 5.32 Å². The number of aryl methyl sites for hydroxylation is 2. The zero-order valence-corrected chi connectivity index (χ0v) is 9.92. The fraction of sp³-hybridized carbons (Fsp3) is 0.692. The summed E-state index contributed by atoms with van der Waals surface area (Å²) in [5.74, 6) is 1.64. The number of fused-ring (bicyclic) bond motifs is 1. The summed E-state index contributed by atoms with van der Waals surface area (Å²) in [4.78, 5) is 9.31. The van der Waals surface area contributed by atoms with E-state index >= 15 is 0 Å². The first-order valence-corrected chi connectivity index (χ1v) is 6.41. The van der Waals surface area contributed by atoms with Gasteiger partial charge in [-0.1, -0.05) is 0 Å². The molecule has 1 aromatic heterocycles. The topological polar surface area (TPSA) is 37.8 Å². The van der Waals surface area contributed by atoms with Crippen LogP contribution in [-0.4, -0.2) is 23.1 Å². The van der Waals surface area contributed by atoms with Gasteiger partial charge >= 0.3 is 0 Å². The van der Waals surface area contributed by atoms with E-state index in [1.54, 1.807) is 0 Å². The number of nitrogens with zero attached hydrogens (tertiary/aromatic N) is 2. The van der Waals surface area contributed by atoms with Gasteiger partial charge in [0.25, 0.3) is 0 Å². The zero-order valence-electron chi connectivity index (χ0n) is 9.92. The van der Waals surface area contributed by atoms with E-state index in [0.29, 0.717) is 5.92 Å². The molecular formula is C13H19N3. The van der Waals surface area contributed by atoms with Crippen LogP contribution >= 0.6 is 0 Å². The lowest BCUT2D eigenvalue weighted by molar-refractivity contribution is 0.449. The van der Waals surface area contributed by atoms with E-state index in [-0.39, 0.29) is 0 Å². The third-order valence-corrected chi connectivity index (χ3v) is 3.80. The van der Waals surface area contributed by atoms with E-state index in [2.05, 4.69) is 10.3 Å². The molecule has 3 heteroatoms. The molecular weight excluding hydrogens is 198 g/mol. The highest BCUT2D eigenvalue weighted by Crippen LogP contribution is 2.31. The van der Waals surface area contributed by atoms with Gasteiger partial charge in [-0.25, -0.2) is 9.97 Å². The maximum absolute atomic E-state index is 4.73. The third kappa shape index (κ3) is 1.73. The first kappa shape index (κ1) is 10.2. The SMILES string of the molecule is Cc1nc2c(c(C3CCNCC3)n1)CCC2. The fourth-order valence-corrected chi connectivity index (χ4v) is 3.02. The molecule has 16 heavy (non-hydrogen) atoms. The Labute approximate surface area is 96.7 Å². The monoisotopic (exact) mass is 217 g/mol. The summed E-state index contributed by atoms with van der Waals surface area (Å²) in [5.41, 5.74) is 4.19. The summed E-state index contributed by atoms with van der Waals surface area (Å²) >= 11 is 0. The van der Waals surface area contributed by atoms with Gasteiger partial charge in [0.1, 0.15) is 5.82 Å². The van der Waals surface area contributed by atoms with Crippen LogP contribution in [0.2, 0.25) is 0 Å². The summed E-state index contributed by atoms with van der Waals surface area (Å²) in [6, 6.07) is 0. The molecule has 0 spiro atoms. The predicted octanol–water partition coefficient (Wildman–Crippen LogP) is 1.74. The molecule has 3 rings (SSSR count). The molecule has 0 unspecified atom stereocenters. The van der Waals surface area contributed by atoms with Crippen molar-refractivity contribution in [2.75, 3.05) is 13.1 Å². The highest BCUT2D eigenvalue weighted by molar-refractivity contribution is 5.32. The predicted molar refractivity (Wildman–Crippen MR) is 63.6 cm³/mol. The standard InChI is InChI=1S/C13H19N3/c1-9-15-12-4-2-3-11(12)13(16-9)10-5-7-14-8-6-10/h10,14H,2-8H2,1H3. The number of piperidine rings is 1. The number of rotatable bonds is 1. The summed E-state index contributed by atoms with van der Waals surface area (Å²) in [6.45, 7) is 4.31. The van der Waals surface area contributed by atoms with Gasteiger partial charge in [0, 0.05) is 11.6 Å². The second-order valence-corrected chi connectivity index (χ2v) is 4.96. The molecule has 1 aliphatic carbocycles. The molecule has 1 aromatic rings. The molecule has 2 heterocycles. The van der Waals surface area contributed by atoms with E-state index in [0.717, 1.165) is 25.3 Å². The van der Waals surface area contributed by atoms with Crippen LogP contribution < -0.4 is 5.32 Å². The van der Waals surface area contributed by atoms with Crippen LogP contribution in [0.5, 0.6) is 0 Å². The number of aromatic nitrogens is 2. The molecule has 0 atom stereocenters. The molecule has 86 valence electrons. The van der Waals surface area contributed by atoms with Gasteiger partial charge in [-0.2, -0.15) is 0 Å². The van der Waals surface area contributed by atoms with Crippen LogP contribution in [0.1, 0.15) is 48.0 Å². The maximum Gasteiger partial charge on any atom is 0.125 e. The normalized spacial score (nSPS) is 21.1. The number of nitrogens with one attached hydrogen (secondary N) is 1. The van der Waals surface area contributed by atoms with Crippen LogP contribution in [0.4, 0.5) is 0 Å². The molecule has 0 aromatic carbocycles. The summed E-state index contributed by atoms with van der Waals surface area (Å²) in [5, 5.41) is 3.42. The van der Waals surface area contributed by atoms with E-state index in [1.807, 2.05) is 6.92 Å². The Balaban J connectivity index is 1.99. The Bertz CT molecular complexity index is 394. The van der Waals surface area contributed by atoms with Crippen LogP contribution in [0.3, 0.4) is 0 Å². The number of hydrogen-bond donors (Lipinski definition) is 1. The van der Waals surface area contributed by atoms with Crippen molar-refractivity contribution in [3.8, 4) is 0 Å². The van der Waals surface area contributed by atoms with Gasteiger partial charge in [0.05, 0.1) is 5.69 Å². The molecule has 1 fully saturated rings. The third-order valence-electron chi connectivity index (χ3n) is 3.80. The molecule has 3 nitrogen and oxygen atoms in total. The molecule has 1 N–H and O–H groups in total. The van der Waals surface area contributed by atoms with Gasteiger partial charge in [0.15, 0.2) is 0 Å². The fourth-order valence-electron chi connectivity index (χ4n) is 3.02. The lowest BCUT2D eigenvalue weighted by Crippen LogP contribution is -2.27. The smallest absolute Gasteiger partial charge is 0.125 e. The van der Waals surface area contributed by atoms with Crippen molar-refractivity contribution in [2.45, 2.75) is 44.9 Å². The average Bonchev–Trinajstić information content (AvgIpc) is 2.77. The van der Waals surface area contributed by atoms with E-state index in [9.17, 15) is 0 Å². The largest absolute Gasteiger partial charge is 0.317 e. The highest BCUT2D eigenvalue weighted by Gasteiger charge is 2.24. The van der Waals surface area contributed by atoms with Crippen molar-refractivity contribution in [1.29, 1.82) is 0 Å². The van der Waals surface area contributed by atoms with Crippen LogP contribution in [-0.2, 0) is 12.8 Å². The van der Waals surface area contributed by atoms with Crippen LogP contribution in [0.15, 0.2) is 0 Å². The molecule has 1 aliphatic heterocycles. The van der Waals surface area contributed by atoms with Crippen LogP contribution in [0.25, 0.3) is 0 Å². The Hall–Kier alpha value is -0.960. The Morgan fingerprint density at radius 2 is 1.94 bits per heavy atom. The van der Waals surface area contributed by atoms with Crippen molar-refractivity contribution in [2.24, 2.45) is 0 Å². The molecule has 1 saturated heterocycles. The van der Waals surface area contributed by atoms with Gasteiger partial charge in [-0.15, -0.1) is 0 Å². The van der Waals surface area contributed by atoms with Gasteiger partial charge in [-0.05, 0) is 57.7 Å². The van der Waals surface area contributed by atoms with Crippen molar-refractivity contribution >= 4 is 0 Å². The quantitative estimate of drug-likeness (QED) is 0.778. The maximum atomic E-state index is 4.73. The van der Waals surface area contributed by atoms with Gasteiger partial charge in [-0.3, -0.25) is 0 Å². The first-order valence-electron chi connectivity index (χ1n) is 6.41. The van der Waals surface area contributed by atoms with Crippen molar-refractivity contribution in [3.05, 3.63) is 22.8 Å². The lowest BCUT2D eigenvalue weighted by Gasteiger charge is -2.24. The minimum atomic E-state index is 0.676. The van der Waals surface area contributed by atoms with Crippen molar-refractivity contribution in [1.82, 2.24) is 15.3 Å². The lowest BCUT2D eigenvalue weighted by atomic mass is 9.91. The number of hydrogen-bond acceptors (Lipinski definition) is 3. The molecule has 0 saturated carbocycles. The summed E-state index contributed by atoms with van der Waals surface area (Å²) < 4.78 is 0. The van der Waals surface area contributed by atoms with E-state index in [1.165, 1.54) is 42.6 Å². The van der Waals surface area contributed by atoms with Crippen LogP contribution in [0, 0.1) is 6.92 Å². The first-order chi connectivity index (χ1) is 7.84. The second kappa shape index (κ2) is 4.13. The second-order valence-electron chi connectivity index (χ2n) is 4.96. The zero-order chi connectivity index (χ0) is 11.0. The van der Waals surface area contributed by atoms with Gasteiger partial charge in [0.2, 0.25) is 0 Å². The minimum Gasteiger partial charge on any atom is -0.317 e. The van der Waals surface area contributed by atoms with E-state index < -0.39 is 0 Å². The Kier molecular flexibility index (Phi) is 2.64. The highest BCUT2D eigenvalue weighted by atomic mass is 14.9. The van der Waals surface area contributed by atoms with Crippen molar-refractivity contribution in [3.63, 3.8) is 0 Å². The van der Waals surface area contributed by atoms with E-state index in [4.69, 9.17) is 4.98 Å².